The van der Waals surface area contributed by atoms with Crippen LogP contribution in [0.2, 0.25) is 0 Å². The molecule has 1 aromatic carbocycles. The van der Waals surface area contributed by atoms with Crippen molar-refractivity contribution in [2.75, 3.05) is 0 Å². The van der Waals surface area contributed by atoms with Crippen molar-refractivity contribution in [2.45, 2.75) is 12.5 Å². The van der Waals surface area contributed by atoms with Gasteiger partial charge in [0.2, 0.25) is 6.41 Å². The second kappa shape index (κ2) is 6.29. The van der Waals surface area contributed by atoms with E-state index in [1.165, 1.54) is 22.0 Å². The van der Waals surface area contributed by atoms with Crippen LogP contribution < -0.4 is 11.1 Å². The minimum Gasteiger partial charge on any atom is -0.408 e. The fourth-order valence-electron chi connectivity index (χ4n) is 2.38. The molecule has 0 saturated heterocycles. The maximum atomic E-state index is 14.1. The summed E-state index contributed by atoms with van der Waals surface area (Å²) >= 11 is 1.20. The Balaban J connectivity index is 1.97. The normalized spacial score (nSPS) is 12.0. The van der Waals surface area contributed by atoms with E-state index in [1.807, 2.05) is 6.07 Å². The number of rotatable bonds is 5. The molecule has 3 aromatic rings. The Morgan fingerprint density at radius 1 is 1.50 bits per heavy atom. The van der Waals surface area contributed by atoms with E-state index in [0.29, 0.717) is 27.3 Å². The van der Waals surface area contributed by atoms with Crippen LogP contribution in [-0.4, -0.2) is 17.0 Å². The minimum absolute atomic E-state index is 0.0954. The number of amides is 1. The molecule has 0 aliphatic rings. The molecule has 0 spiro atoms. The highest BCUT2D eigenvalue weighted by molar-refractivity contribution is 7.15. The van der Waals surface area contributed by atoms with E-state index < -0.39 is 17.6 Å². The summed E-state index contributed by atoms with van der Waals surface area (Å²) in [6, 6.07) is 7.67. The second-order valence-corrected chi connectivity index (χ2v) is 6.30. The maximum absolute atomic E-state index is 14.1. The predicted octanol–water partition coefficient (Wildman–Crippen LogP) is 2.18. The van der Waals surface area contributed by atoms with Crippen molar-refractivity contribution in [3.63, 3.8) is 0 Å². The number of thiophene rings is 1. The lowest BCUT2D eigenvalue weighted by atomic mass is 10.1. The van der Waals surface area contributed by atoms with Crippen LogP contribution in [0, 0.1) is 17.1 Å². The maximum Gasteiger partial charge on any atom is 0.419 e. The Hall–Kier alpha value is -2.92. The second-order valence-electron chi connectivity index (χ2n) is 5.16. The summed E-state index contributed by atoms with van der Waals surface area (Å²) in [6.45, 7) is 0. The van der Waals surface area contributed by atoms with Gasteiger partial charge in [-0.15, -0.1) is 11.3 Å². The van der Waals surface area contributed by atoms with E-state index in [9.17, 15) is 14.0 Å². The van der Waals surface area contributed by atoms with Crippen LogP contribution in [-0.2, 0) is 18.3 Å². The average Bonchev–Trinajstić information content (AvgIpc) is 3.07. The van der Waals surface area contributed by atoms with E-state index in [0.717, 1.165) is 5.56 Å². The first-order chi connectivity index (χ1) is 11.5. The van der Waals surface area contributed by atoms with Gasteiger partial charge in [0, 0.05) is 23.2 Å². The highest BCUT2D eigenvalue weighted by Crippen LogP contribution is 2.33. The van der Waals surface area contributed by atoms with Crippen molar-refractivity contribution < 1.29 is 13.6 Å². The van der Waals surface area contributed by atoms with E-state index in [-0.39, 0.29) is 6.42 Å². The van der Waals surface area contributed by atoms with Crippen molar-refractivity contribution in [1.29, 1.82) is 5.26 Å². The summed E-state index contributed by atoms with van der Waals surface area (Å²) in [5.74, 6) is -0.888. The molecule has 0 bridgehead atoms. The fourth-order valence-corrected chi connectivity index (χ4v) is 3.46. The van der Waals surface area contributed by atoms with E-state index in [4.69, 9.17) is 9.68 Å². The van der Waals surface area contributed by atoms with Crippen LogP contribution in [0.3, 0.4) is 0 Å². The molecule has 3 rings (SSSR count). The molecular formula is C16H12FN3O3S. The Morgan fingerprint density at radius 2 is 2.29 bits per heavy atom. The van der Waals surface area contributed by atoms with Crippen molar-refractivity contribution in [3.8, 4) is 16.5 Å². The van der Waals surface area contributed by atoms with Crippen LogP contribution in [0.5, 0.6) is 0 Å². The number of nitriles is 1. The highest BCUT2D eigenvalue weighted by Gasteiger charge is 2.16. The summed E-state index contributed by atoms with van der Waals surface area (Å²) in [4.78, 5) is 23.0. The fraction of sp³-hybridized carbons (Fsp3) is 0.188. The third-order valence-electron chi connectivity index (χ3n) is 3.65. The van der Waals surface area contributed by atoms with Gasteiger partial charge in [0.1, 0.15) is 11.9 Å². The first-order valence-corrected chi connectivity index (χ1v) is 7.82. The Kier molecular flexibility index (Phi) is 4.18. The standard InChI is InChI=1S/C16H12FN3O3S/c1-20-12-4-9(2-3-13(12)23-16(20)22)14-6-11(17)15(24-14)5-10(7-18)19-8-21/h2-4,6,8,10H,5H2,1H3,(H,19,21). The zero-order valence-electron chi connectivity index (χ0n) is 12.6. The number of fused-ring (bicyclic) bond motifs is 1. The lowest BCUT2D eigenvalue weighted by Crippen LogP contribution is -2.28. The molecule has 8 heteroatoms. The number of benzene rings is 1. The molecule has 122 valence electrons. The molecule has 0 aliphatic heterocycles. The Morgan fingerprint density at radius 3 is 3.00 bits per heavy atom. The van der Waals surface area contributed by atoms with Crippen molar-refractivity contribution in [1.82, 2.24) is 9.88 Å². The smallest absolute Gasteiger partial charge is 0.408 e. The largest absolute Gasteiger partial charge is 0.419 e. The minimum atomic E-state index is -0.777. The molecular weight excluding hydrogens is 333 g/mol. The predicted molar refractivity (Wildman–Crippen MR) is 87.0 cm³/mol. The number of halogens is 1. The Labute approximate surface area is 139 Å². The summed E-state index contributed by atoms with van der Waals surface area (Å²) in [6.07, 6.45) is 0.520. The third kappa shape index (κ3) is 2.81. The van der Waals surface area contributed by atoms with Crippen LogP contribution in [0.4, 0.5) is 4.39 Å². The first-order valence-electron chi connectivity index (χ1n) is 7.01. The Bertz CT molecular complexity index is 1010. The molecule has 2 aromatic heterocycles. The van der Waals surface area contributed by atoms with E-state index >= 15 is 0 Å². The number of aryl methyl sites for hydroxylation is 1. The third-order valence-corrected chi connectivity index (χ3v) is 4.83. The van der Waals surface area contributed by atoms with Gasteiger partial charge in [-0.2, -0.15) is 5.26 Å². The quantitative estimate of drug-likeness (QED) is 0.718. The van der Waals surface area contributed by atoms with Crippen molar-refractivity contribution in [3.05, 3.63) is 45.5 Å². The zero-order valence-corrected chi connectivity index (χ0v) is 13.4. The molecule has 0 radical (unpaired) electrons. The topological polar surface area (TPSA) is 88.0 Å². The van der Waals surface area contributed by atoms with Gasteiger partial charge in [-0.25, -0.2) is 9.18 Å². The molecule has 1 amide bonds. The van der Waals surface area contributed by atoms with Gasteiger partial charge in [-0.3, -0.25) is 9.36 Å². The van der Waals surface area contributed by atoms with E-state index in [2.05, 4.69) is 5.32 Å². The SMILES string of the molecule is Cn1c(=O)oc2ccc(-c3cc(F)c(CC(C#N)NC=O)s3)cc21. The number of nitrogens with zero attached hydrogens (tertiary/aromatic N) is 2. The zero-order chi connectivity index (χ0) is 17.3. The molecule has 0 aliphatic carbocycles. The average molecular weight is 345 g/mol. The number of oxazole rings is 1. The molecule has 0 saturated carbocycles. The van der Waals surface area contributed by atoms with Crippen molar-refractivity contribution in [2.24, 2.45) is 7.05 Å². The summed E-state index contributed by atoms with van der Waals surface area (Å²) in [5.41, 5.74) is 1.82. The number of hydrogen-bond acceptors (Lipinski definition) is 5. The van der Waals surface area contributed by atoms with Gasteiger partial charge >= 0.3 is 5.76 Å². The molecule has 1 N–H and O–H groups in total. The lowest BCUT2D eigenvalue weighted by Gasteiger charge is -2.05. The van der Waals surface area contributed by atoms with Crippen LogP contribution in [0.1, 0.15) is 4.88 Å². The highest BCUT2D eigenvalue weighted by atomic mass is 32.1. The summed E-state index contributed by atoms with van der Waals surface area (Å²) < 4.78 is 20.6. The molecule has 24 heavy (non-hydrogen) atoms. The van der Waals surface area contributed by atoms with Gasteiger partial charge < -0.3 is 9.73 Å². The first kappa shape index (κ1) is 16.0. The van der Waals surface area contributed by atoms with Crippen molar-refractivity contribution >= 4 is 28.8 Å². The van der Waals surface area contributed by atoms with Gasteiger partial charge in [-0.05, 0) is 29.8 Å². The number of nitrogens with one attached hydrogen (secondary N) is 1. The number of aromatic nitrogens is 1. The monoisotopic (exact) mass is 345 g/mol. The van der Waals surface area contributed by atoms with Crippen LogP contribution in [0.25, 0.3) is 21.5 Å². The van der Waals surface area contributed by atoms with Gasteiger partial charge in [0.15, 0.2) is 5.58 Å². The summed E-state index contributed by atoms with van der Waals surface area (Å²) in [7, 11) is 1.60. The molecule has 6 nitrogen and oxygen atoms in total. The van der Waals surface area contributed by atoms with Gasteiger partial charge in [0.05, 0.1) is 11.6 Å². The number of carbonyl (C=O) groups excluding carboxylic acids is 1. The van der Waals surface area contributed by atoms with Gasteiger partial charge in [-0.1, -0.05) is 0 Å². The molecule has 0 fully saturated rings. The lowest BCUT2D eigenvalue weighted by molar-refractivity contribution is -0.109. The van der Waals surface area contributed by atoms with E-state index in [1.54, 1.807) is 25.2 Å². The van der Waals surface area contributed by atoms with Gasteiger partial charge in [0.25, 0.3) is 0 Å². The molecule has 1 unspecified atom stereocenters. The molecule has 1 atom stereocenters. The summed E-state index contributed by atoms with van der Waals surface area (Å²) in [5, 5.41) is 11.3. The molecule has 2 heterocycles. The number of hydrogen-bond donors (Lipinski definition) is 1. The van der Waals surface area contributed by atoms with Crippen LogP contribution >= 0.6 is 11.3 Å². The van der Waals surface area contributed by atoms with Crippen LogP contribution in [0.15, 0.2) is 33.5 Å². The number of carbonyl (C=O) groups is 1.